The lowest BCUT2D eigenvalue weighted by atomic mass is 10.0. The summed E-state index contributed by atoms with van der Waals surface area (Å²) in [6.45, 7) is 0.0855. The molecular weight excluding hydrogens is 537 g/mol. The summed E-state index contributed by atoms with van der Waals surface area (Å²) < 4.78 is 66.2. The van der Waals surface area contributed by atoms with Crippen molar-refractivity contribution in [3.8, 4) is 11.3 Å². The van der Waals surface area contributed by atoms with E-state index in [0.717, 1.165) is 18.2 Å². The predicted molar refractivity (Wildman–Crippen MR) is 133 cm³/mol. The molecule has 0 aliphatic rings. The van der Waals surface area contributed by atoms with E-state index in [9.17, 15) is 21.6 Å². The minimum absolute atomic E-state index is 0.167. The number of alkyl halides is 3. The summed E-state index contributed by atoms with van der Waals surface area (Å²) in [4.78, 5) is 3.99. The van der Waals surface area contributed by atoms with Crippen LogP contribution in [-0.4, -0.2) is 47.8 Å². The van der Waals surface area contributed by atoms with Gasteiger partial charge in [0.2, 0.25) is 0 Å². The molecule has 0 saturated carbocycles. The minimum atomic E-state index is -4.68. The van der Waals surface area contributed by atoms with Crippen molar-refractivity contribution in [1.82, 2.24) is 18.4 Å². The lowest BCUT2D eigenvalue weighted by Gasteiger charge is -2.16. The fraction of sp³-hybridized carbons (Fsp3) is 0.182. The maximum atomic E-state index is 13.0. The van der Waals surface area contributed by atoms with Crippen LogP contribution in [0.2, 0.25) is 5.02 Å². The quantitative estimate of drug-likeness (QED) is 0.197. The molecule has 2 radical (unpaired) electrons. The second-order valence-corrected chi connectivity index (χ2v) is 10.5. The maximum absolute atomic E-state index is 13.0. The smallest absolute Gasteiger partial charge is 0.370 e. The van der Waals surface area contributed by atoms with Crippen molar-refractivity contribution in [2.75, 3.05) is 18.4 Å². The molecule has 0 spiro atoms. The van der Waals surface area contributed by atoms with Gasteiger partial charge in [0.15, 0.2) is 5.65 Å². The van der Waals surface area contributed by atoms with Gasteiger partial charge in [-0.15, -0.1) is 3.82 Å². The van der Waals surface area contributed by atoms with Crippen molar-refractivity contribution in [2.45, 2.75) is 17.5 Å². The van der Waals surface area contributed by atoms with Gasteiger partial charge in [0, 0.05) is 35.9 Å². The van der Waals surface area contributed by atoms with E-state index >= 15 is 0 Å². The van der Waals surface area contributed by atoms with E-state index in [1.165, 1.54) is 10.7 Å². The molecule has 2 aromatic carbocycles. The zero-order valence-electron chi connectivity index (χ0n) is 18.4. The summed E-state index contributed by atoms with van der Waals surface area (Å²) in [5, 5.41) is 7.84. The van der Waals surface area contributed by atoms with Crippen LogP contribution < -0.4 is 10.8 Å². The average molecular weight is 554 g/mol. The molecule has 0 unspecified atom stereocenters. The van der Waals surface area contributed by atoms with Gasteiger partial charge in [-0.3, -0.25) is 0 Å². The number of benzene rings is 2. The second-order valence-electron chi connectivity index (χ2n) is 7.66. The van der Waals surface area contributed by atoms with E-state index in [-0.39, 0.29) is 19.5 Å². The van der Waals surface area contributed by atoms with E-state index in [1.54, 1.807) is 18.2 Å². The van der Waals surface area contributed by atoms with Crippen LogP contribution in [0, 0.1) is 0 Å². The number of sulfonamides is 1. The Balaban J connectivity index is 1.48. The highest BCUT2D eigenvalue weighted by Crippen LogP contribution is 2.31. The lowest BCUT2D eigenvalue weighted by Crippen LogP contribution is -2.25. The van der Waals surface area contributed by atoms with Crippen LogP contribution >= 0.6 is 23.4 Å². The standard InChI is InChI=1S/C22H17BCl2F3N5O2S/c23-17-13-30-33-20(12-19(31-21(17)33)16-7-1-2-8-18(16)24)29-9-4-10-32(25)36(34,35)15-6-3-5-14(11-15)22(26,27)28/h1-3,5-8,11-13,29H,4,9-10H2. The Hall–Kier alpha value is -2.80. The average Bonchev–Trinajstić information content (AvgIpc) is 3.22. The Morgan fingerprint density at radius 2 is 1.86 bits per heavy atom. The number of nitrogens with one attached hydrogen (secondary N) is 1. The fourth-order valence-electron chi connectivity index (χ4n) is 3.40. The lowest BCUT2D eigenvalue weighted by molar-refractivity contribution is -0.137. The van der Waals surface area contributed by atoms with Gasteiger partial charge >= 0.3 is 6.18 Å². The van der Waals surface area contributed by atoms with Gasteiger partial charge in [-0.25, -0.2) is 13.4 Å². The SMILES string of the molecule is [B]c1cnn2c(NCCCN(Cl)S(=O)(=O)c3cccc(C(F)(F)F)c3)cc(-c3ccccc3Cl)nc12. The van der Waals surface area contributed by atoms with Gasteiger partial charge in [0.05, 0.1) is 16.2 Å². The maximum Gasteiger partial charge on any atom is 0.416 e. The summed E-state index contributed by atoms with van der Waals surface area (Å²) in [5.74, 6) is 0.522. The highest BCUT2D eigenvalue weighted by molar-refractivity contribution is 7.90. The van der Waals surface area contributed by atoms with Gasteiger partial charge < -0.3 is 5.32 Å². The Kier molecular flexibility index (Phi) is 7.51. The molecule has 0 atom stereocenters. The van der Waals surface area contributed by atoms with Gasteiger partial charge in [0.25, 0.3) is 10.0 Å². The van der Waals surface area contributed by atoms with Crippen molar-refractivity contribution < 1.29 is 21.6 Å². The number of nitrogens with zero attached hydrogens (tertiary/aromatic N) is 4. The van der Waals surface area contributed by atoms with Crippen LogP contribution in [0.15, 0.2) is 65.7 Å². The normalized spacial score (nSPS) is 12.4. The third-order valence-electron chi connectivity index (χ3n) is 5.19. The largest absolute Gasteiger partial charge is 0.416 e. The minimum Gasteiger partial charge on any atom is -0.370 e. The van der Waals surface area contributed by atoms with Gasteiger partial charge in [-0.05, 0) is 47.9 Å². The van der Waals surface area contributed by atoms with Crippen LogP contribution in [0.1, 0.15) is 12.0 Å². The number of fused-ring (bicyclic) bond motifs is 1. The van der Waals surface area contributed by atoms with Crippen LogP contribution in [0.3, 0.4) is 0 Å². The van der Waals surface area contributed by atoms with Crippen LogP contribution in [0.4, 0.5) is 19.0 Å². The molecule has 0 amide bonds. The fourth-order valence-corrected chi connectivity index (χ4v) is 5.12. The van der Waals surface area contributed by atoms with Gasteiger partial charge in [-0.1, -0.05) is 35.9 Å². The summed E-state index contributed by atoms with van der Waals surface area (Å²) in [7, 11) is 1.66. The van der Waals surface area contributed by atoms with Gasteiger partial charge in [-0.2, -0.15) is 22.8 Å². The molecule has 14 heteroatoms. The predicted octanol–water partition coefficient (Wildman–Crippen LogP) is 4.51. The molecule has 4 rings (SSSR count). The molecule has 0 aliphatic heterocycles. The van der Waals surface area contributed by atoms with Crippen LogP contribution in [0.5, 0.6) is 0 Å². The monoisotopic (exact) mass is 553 g/mol. The first-order valence-corrected chi connectivity index (χ1v) is 12.6. The molecular formula is C22H17BCl2F3N5O2S. The van der Waals surface area contributed by atoms with E-state index in [1.807, 2.05) is 12.1 Å². The molecule has 2 aromatic heterocycles. The Labute approximate surface area is 216 Å². The molecule has 0 aliphatic carbocycles. The first-order valence-electron chi connectivity index (χ1n) is 10.5. The molecule has 0 fully saturated rings. The molecule has 2 heterocycles. The van der Waals surface area contributed by atoms with Crippen LogP contribution in [0.25, 0.3) is 16.9 Å². The Morgan fingerprint density at radius 1 is 1.11 bits per heavy atom. The highest BCUT2D eigenvalue weighted by atomic mass is 35.5. The first-order chi connectivity index (χ1) is 17.0. The zero-order chi connectivity index (χ0) is 26.1. The number of halogens is 5. The van der Waals surface area contributed by atoms with Crippen LogP contribution in [-0.2, 0) is 16.2 Å². The number of aromatic nitrogens is 3. The van der Waals surface area contributed by atoms with Crippen molar-refractivity contribution in [3.05, 3.63) is 71.4 Å². The molecule has 36 heavy (non-hydrogen) atoms. The number of anilines is 1. The molecule has 7 nitrogen and oxygen atoms in total. The summed E-state index contributed by atoms with van der Waals surface area (Å²) in [5.41, 5.74) is 0.912. The third-order valence-corrected chi connectivity index (χ3v) is 7.78. The molecule has 1 N–H and O–H groups in total. The number of hydrogen-bond donors (Lipinski definition) is 1. The van der Waals surface area contributed by atoms with Gasteiger partial charge in [0.1, 0.15) is 13.7 Å². The summed E-state index contributed by atoms with van der Waals surface area (Å²) in [6.07, 6.45) is -3.00. The molecule has 0 bridgehead atoms. The molecule has 186 valence electrons. The van der Waals surface area contributed by atoms with E-state index in [4.69, 9.17) is 31.2 Å². The summed E-state index contributed by atoms with van der Waals surface area (Å²) >= 11 is 12.3. The third kappa shape index (κ3) is 5.46. The van der Waals surface area contributed by atoms with E-state index in [0.29, 0.717) is 43.1 Å². The first kappa shape index (κ1) is 26.3. The number of rotatable bonds is 8. The Morgan fingerprint density at radius 3 is 2.58 bits per heavy atom. The van der Waals surface area contributed by atoms with Crippen molar-refractivity contribution in [2.24, 2.45) is 0 Å². The highest BCUT2D eigenvalue weighted by Gasteiger charge is 2.32. The molecule has 0 saturated heterocycles. The Bertz CT molecular complexity index is 1520. The number of hydrogen-bond acceptors (Lipinski definition) is 5. The second kappa shape index (κ2) is 10.3. The zero-order valence-corrected chi connectivity index (χ0v) is 20.7. The topological polar surface area (TPSA) is 79.6 Å². The van der Waals surface area contributed by atoms with Crippen molar-refractivity contribution in [3.63, 3.8) is 0 Å². The van der Waals surface area contributed by atoms with Crippen molar-refractivity contribution in [1.29, 1.82) is 0 Å². The van der Waals surface area contributed by atoms with E-state index in [2.05, 4.69) is 15.4 Å². The summed E-state index contributed by atoms with van der Waals surface area (Å²) in [6, 6.07) is 12.3. The molecule has 4 aromatic rings. The van der Waals surface area contributed by atoms with Crippen molar-refractivity contribution >= 4 is 58.2 Å². The van der Waals surface area contributed by atoms with E-state index < -0.39 is 26.7 Å².